The van der Waals surface area contributed by atoms with Crippen LogP contribution in [0.15, 0.2) is 84.2 Å². The summed E-state index contributed by atoms with van der Waals surface area (Å²) in [4.78, 5) is 29.8. The van der Waals surface area contributed by atoms with Crippen LogP contribution in [0.5, 0.6) is 11.5 Å². The van der Waals surface area contributed by atoms with Gasteiger partial charge in [-0.25, -0.2) is 0 Å². The molecule has 1 aliphatic carbocycles. The molecule has 0 spiro atoms. The lowest BCUT2D eigenvalue weighted by Crippen LogP contribution is -2.55. The monoisotopic (exact) mass is 555 g/mol. The number of aliphatic hydroxyl groups is 1. The van der Waals surface area contributed by atoms with Crippen molar-refractivity contribution in [3.63, 3.8) is 0 Å². The predicted octanol–water partition coefficient (Wildman–Crippen LogP) is 5.27. The Balaban J connectivity index is 1.25. The molecule has 3 heterocycles. The number of fused-ring (bicyclic) bond motifs is 4. The number of amides is 2. The SMILES string of the molecule is O=C1[C@H]2[C@H](C[C@H](COc3ccccc3)[C@@]3(O)O[C@H](c4ccc(O)c5ccccc45)C[C@@H]23)C(=O)N1Cc1cccs1. The number of aromatic hydroxyl groups is 1. The van der Waals surface area contributed by atoms with E-state index in [-0.39, 0.29) is 30.7 Å². The van der Waals surface area contributed by atoms with E-state index in [0.29, 0.717) is 24.0 Å². The maximum atomic E-state index is 13.8. The minimum atomic E-state index is -1.66. The van der Waals surface area contributed by atoms with Crippen molar-refractivity contribution < 1.29 is 29.3 Å². The number of carbonyl (C=O) groups is 2. The second-order valence-electron chi connectivity index (χ2n) is 11.0. The lowest BCUT2D eigenvalue weighted by Gasteiger charge is -2.44. The van der Waals surface area contributed by atoms with Gasteiger partial charge in [0.1, 0.15) is 11.5 Å². The van der Waals surface area contributed by atoms with Crippen LogP contribution in [0.3, 0.4) is 0 Å². The Kier molecular flexibility index (Phi) is 6.14. The number of likely N-dealkylation sites (tertiary alicyclic amines) is 1. The number of phenols is 1. The highest BCUT2D eigenvalue weighted by atomic mass is 32.1. The quantitative estimate of drug-likeness (QED) is 0.315. The first-order valence-corrected chi connectivity index (χ1v) is 14.5. The zero-order valence-corrected chi connectivity index (χ0v) is 22.5. The van der Waals surface area contributed by atoms with E-state index in [1.807, 2.05) is 78.2 Å². The number of carbonyl (C=O) groups excluding carboxylic acids is 2. The Hall–Kier alpha value is -3.72. The van der Waals surface area contributed by atoms with Crippen LogP contribution >= 0.6 is 11.3 Å². The van der Waals surface area contributed by atoms with Gasteiger partial charge in [-0.2, -0.15) is 0 Å². The first-order valence-electron chi connectivity index (χ1n) is 13.6. The molecule has 2 aliphatic heterocycles. The molecule has 7 nitrogen and oxygen atoms in total. The summed E-state index contributed by atoms with van der Waals surface area (Å²) in [5.74, 6) is -3.57. The van der Waals surface area contributed by atoms with E-state index >= 15 is 0 Å². The van der Waals surface area contributed by atoms with Gasteiger partial charge in [-0.3, -0.25) is 14.5 Å². The van der Waals surface area contributed by atoms with Gasteiger partial charge < -0.3 is 19.7 Å². The second kappa shape index (κ2) is 9.73. The summed E-state index contributed by atoms with van der Waals surface area (Å²) in [6.45, 7) is 0.390. The van der Waals surface area contributed by atoms with E-state index in [9.17, 15) is 19.8 Å². The number of thiophene rings is 1. The van der Waals surface area contributed by atoms with Crippen molar-refractivity contribution in [2.75, 3.05) is 6.61 Å². The minimum absolute atomic E-state index is 0.148. The molecule has 3 aliphatic rings. The molecular formula is C32H29NO6S. The Morgan fingerprint density at radius 2 is 1.70 bits per heavy atom. The van der Waals surface area contributed by atoms with Gasteiger partial charge in [0.25, 0.3) is 0 Å². The Morgan fingerprint density at radius 1 is 0.925 bits per heavy atom. The van der Waals surface area contributed by atoms with Gasteiger partial charge in [-0.05, 0) is 53.4 Å². The van der Waals surface area contributed by atoms with Gasteiger partial charge in [0.15, 0.2) is 5.79 Å². The number of rotatable bonds is 6. The number of hydrogen-bond acceptors (Lipinski definition) is 7. The van der Waals surface area contributed by atoms with Gasteiger partial charge in [-0.1, -0.05) is 54.6 Å². The summed E-state index contributed by atoms with van der Waals surface area (Å²) in [6, 6.07) is 24.2. The van der Waals surface area contributed by atoms with Crippen LogP contribution in [0.1, 0.15) is 29.4 Å². The topological polar surface area (TPSA) is 96.3 Å². The first-order chi connectivity index (χ1) is 19.4. The van der Waals surface area contributed by atoms with Gasteiger partial charge in [-0.15, -0.1) is 11.3 Å². The normalized spacial score (nSPS) is 29.5. The summed E-state index contributed by atoms with van der Waals surface area (Å²) < 4.78 is 12.6. The van der Waals surface area contributed by atoms with Crippen molar-refractivity contribution in [2.24, 2.45) is 23.7 Å². The Labute approximate surface area is 235 Å². The van der Waals surface area contributed by atoms with Crippen molar-refractivity contribution in [2.45, 2.75) is 31.3 Å². The number of benzene rings is 3. The van der Waals surface area contributed by atoms with Crippen LogP contribution in [0.2, 0.25) is 0 Å². The molecule has 6 atom stereocenters. The lowest BCUT2D eigenvalue weighted by molar-refractivity contribution is -0.272. The largest absolute Gasteiger partial charge is 0.507 e. The van der Waals surface area contributed by atoms with E-state index in [0.717, 1.165) is 15.8 Å². The highest BCUT2D eigenvalue weighted by Crippen LogP contribution is 2.59. The molecule has 2 saturated heterocycles. The average Bonchev–Trinajstić information content (AvgIpc) is 3.67. The maximum absolute atomic E-state index is 13.8. The third-order valence-electron chi connectivity index (χ3n) is 8.83. The maximum Gasteiger partial charge on any atom is 0.233 e. The minimum Gasteiger partial charge on any atom is -0.507 e. The third-order valence-corrected chi connectivity index (χ3v) is 9.69. The molecule has 3 fully saturated rings. The molecule has 40 heavy (non-hydrogen) atoms. The molecule has 204 valence electrons. The summed E-state index contributed by atoms with van der Waals surface area (Å²) >= 11 is 1.51. The number of imide groups is 1. The van der Waals surface area contributed by atoms with E-state index in [2.05, 4.69) is 0 Å². The van der Waals surface area contributed by atoms with E-state index < -0.39 is 35.6 Å². The number of nitrogens with zero attached hydrogens (tertiary/aromatic N) is 1. The van der Waals surface area contributed by atoms with Gasteiger partial charge >= 0.3 is 0 Å². The molecule has 1 aromatic heterocycles. The Bertz CT molecular complexity index is 1570. The van der Waals surface area contributed by atoms with E-state index in [1.54, 1.807) is 6.07 Å². The van der Waals surface area contributed by atoms with Crippen LogP contribution in [0, 0.1) is 23.7 Å². The average molecular weight is 556 g/mol. The number of ether oxygens (including phenoxy) is 2. The van der Waals surface area contributed by atoms with Crippen LogP contribution in [-0.2, 0) is 20.9 Å². The molecule has 1 saturated carbocycles. The summed E-state index contributed by atoms with van der Waals surface area (Å²) in [5.41, 5.74) is 0.836. The Morgan fingerprint density at radius 3 is 2.48 bits per heavy atom. The van der Waals surface area contributed by atoms with Crippen LogP contribution in [-0.4, -0.2) is 39.3 Å². The summed E-state index contributed by atoms with van der Waals surface area (Å²) in [7, 11) is 0. The molecule has 2 N–H and O–H groups in total. The summed E-state index contributed by atoms with van der Waals surface area (Å²) in [6.07, 6.45) is 0.145. The molecule has 2 amide bonds. The fraction of sp³-hybridized carbons (Fsp3) is 0.312. The first kappa shape index (κ1) is 25.3. The highest BCUT2D eigenvalue weighted by Gasteiger charge is 2.67. The van der Waals surface area contributed by atoms with Crippen molar-refractivity contribution in [3.8, 4) is 11.5 Å². The standard InChI is InChI=1S/C32H29NO6S/c34-27-13-12-24(22-10-4-5-11-23(22)27)28-16-26-29-25(30(35)33(31(29)36)17-21-9-6-14-40-21)15-19(32(26,37)39-28)18-38-20-7-2-1-3-8-20/h1-14,19,25-26,28-29,34,37H,15-18H2/t19-,25+,26+,28+,29+,32-/m1/s1. The fourth-order valence-corrected chi connectivity index (χ4v) is 7.64. The van der Waals surface area contributed by atoms with Crippen molar-refractivity contribution >= 4 is 33.9 Å². The molecular weight excluding hydrogens is 526 g/mol. The van der Waals surface area contributed by atoms with Crippen LogP contribution in [0.4, 0.5) is 0 Å². The van der Waals surface area contributed by atoms with Gasteiger partial charge in [0.05, 0.1) is 31.1 Å². The third kappa shape index (κ3) is 4.01. The lowest BCUT2D eigenvalue weighted by atomic mass is 9.64. The van der Waals surface area contributed by atoms with Crippen molar-refractivity contribution in [1.29, 1.82) is 0 Å². The van der Waals surface area contributed by atoms with Gasteiger partial charge in [0.2, 0.25) is 11.8 Å². The molecule has 0 bridgehead atoms. The molecule has 4 aromatic rings. The zero-order valence-electron chi connectivity index (χ0n) is 21.7. The number of para-hydroxylation sites is 1. The fourth-order valence-electron chi connectivity index (χ4n) is 6.95. The van der Waals surface area contributed by atoms with Crippen LogP contribution in [0.25, 0.3) is 10.8 Å². The van der Waals surface area contributed by atoms with Crippen LogP contribution < -0.4 is 4.74 Å². The van der Waals surface area contributed by atoms with E-state index in [1.165, 1.54) is 16.2 Å². The second-order valence-corrected chi connectivity index (χ2v) is 12.0. The molecule has 7 rings (SSSR count). The number of phenolic OH excluding ortho intramolecular Hbond substituents is 1. The predicted molar refractivity (Wildman–Crippen MR) is 149 cm³/mol. The smallest absolute Gasteiger partial charge is 0.233 e. The summed E-state index contributed by atoms with van der Waals surface area (Å²) in [5, 5.41) is 26.2. The molecule has 3 aromatic carbocycles. The highest BCUT2D eigenvalue weighted by molar-refractivity contribution is 7.09. The molecule has 0 radical (unpaired) electrons. The van der Waals surface area contributed by atoms with E-state index in [4.69, 9.17) is 9.47 Å². The van der Waals surface area contributed by atoms with Crippen molar-refractivity contribution in [3.05, 3.63) is 94.7 Å². The number of hydrogen-bond donors (Lipinski definition) is 2. The molecule has 0 unspecified atom stereocenters. The zero-order chi connectivity index (χ0) is 27.4. The van der Waals surface area contributed by atoms with Crippen molar-refractivity contribution in [1.82, 2.24) is 4.90 Å². The van der Waals surface area contributed by atoms with Gasteiger partial charge in [0, 0.05) is 22.1 Å². The molecule has 8 heteroatoms.